The van der Waals surface area contributed by atoms with Crippen molar-refractivity contribution in [3.8, 4) is 0 Å². The Morgan fingerprint density at radius 2 is 0.865 bits per heavy atom. The molecule has 10 heteroatoms. The van der Waals surface area contributed by atoms with Crippen LogP contribution in [0.25, 0.3) is 0 Å². The van der Waals surface area contributed by atoms with Crippen molar-refractivity contribution < 1.29 is 15.3 Å². The molecule has 0 saturated heterocycles. The summed E-state index contributed by atoms with van der Waals surface area (Å²) in [7, 11) is 0. The van der Waals surface area contributed by atoms with Gasteiger partial charge in [0.2, 0.25) is 0 Å². The molecule has 3 aromatic heterocycles. The van der Waals surface area contributed by atoms with Crippen LogP contribution in [-0.4, -0.2) is 93.1 Å². The van der Waals surface area contributed by atoms with Gasteiger partial charge in [0, 0.05) is 38.3 Å². The second kappa shape index (κ2) is 16.1. The van der Waals surface area contributed by atoms with Gasteiger partial charge in [-0.1, -0.05) is 18.2 Å². The number of nitrogens with zero attached hydrogens (tertiary/aromatic N) is 7. The van der Waals surface area contributed by atoms with E-state index in [9.17, 15) is 15.3 Å². The van der Waals surface area contributed by atoms with E-state index in [2.05, 4.69) is 34.8 Å². The Bertz CT molecular complexity index is 1040. The van der Waals surface area contributed by atoms with Crippen LogP contribution in [0.2, 0.25) is 0 Å². The predicted octanol–water partition coefficient (Wildman–Crippen LogP) is 1.31. The Balaban J connectivity index is 1.54. The molecule has 10 nitrogen and oxygen atoms in total. The average molecular weight is 504 g/mol. The van der Waals surface area contributed by atoms with E-state index < -0.39 is 0 Å². The van der Waals surface area contributed by atoms with Crippen LogP contribution < -0.4 is 0 Å². The fourth-order valence-corrected chi connectivity index (χ4v) is 3.38. The molecular formula is C27H33N7O3. The number of aliphatic imine (C=N–C) groups is 3. The fraction of sp³-hybridized carbons (Fsp3) is 0.333. The Labute approximate surface area is 216 Å². The molecule has 0 radical (unpaired) electrons. The van der Waals surface area contributed by atoms with Crippen molar-refractivity contribution in [3.63, 3.8) is 0 Å². The minimum absolute atomic E-state index is 0.101. The Hall–Kier alpha value is -3.70. The van der Waals surface area contributed by atoms with Crippen LogP contribution in [0.4, 0.5) is 0 Å². The summed E-state index contributed by atoms with van der Waals surface area (Å²) >= 11 is 0. The third-order valence-electron chi connectivity index (χ3n) is 5.28. The van der Waals surface area contributed by atoms with Crippen molar-refractivity contribution in [2.75, 3.05) is 39.3 Å². The normalized spacial score (nSPS) is 12.0. The van der Waals surface area contributed by atoms with Gasteiger partial charge in [0.05, 0.1) is 73.6 Å². The van der Waals surface area contributed by atoms with Crippen molar-refractivity contribution in [1.29, 1.82) is 0 Å². The van der Waals surface area contributed by atoms with Crippen molar-refractivity contribution in [3.05, 3.63) is 88.8 Å². The first-order valence-corrected chi connectivity index (χ1v) is 12.1. The second-order valence-electron chi connectivity index (χ2n) is 8.08. The van der Waals surface area contributed by atoms with Crippen LogP contribution in [0.15, 0.2) is 69.6 Å². The summed E-state index contributed by atoms with van der Waals surface area (Å²) in [5, 5.41) is 27.7. The summed E-state index contributed by atoms with van der Waals surface area (Å²) in [4.78, 5) is 28.7. The van der Waals surface area contributed by atoms with Crippen LogP contribution in [0, 0.1) is 0 Å². The van der Waals surface area contributed by atoms with Crippen LogP contribution in [-0.2, 0) is 19.8 Å². The highest BCUT2D eigenvalue weighted by molar-refractivity contribution is 5.77. The topological polar surface area (TPSA) is 140 Å². The standard InChI is InChI=1S/C27H33N7O3/c35-19-25-7-1-4-22(31-25)16-28-10-13-34(14-11-29-17-23-5-2-8-26(20-36)32-23)15-12-30-18-24-6-3-9-27(21-37)33-24/h1-9,16-18,35-37H,10-15,19-21H2. The first kappa shape index (κ1) is 27.9. The smallest absolute Gasteiger partial charge is 0.0853 e. The number of pyridine rings is 3. The lowest BCUT2D eigenvalue weighted by atomic mass is 10.3. The Morgan fingerprint density at radius 1 is 0.541 bits per heavy atom. The van der Waals surface area contributed by atoms with Crippen LogP contribution >= 0.6 is 0 Å². The van der Waals surface area contributed by atoms with E-state index in [4.69, 9.17) is 0 Å². The molecular weight excluding hydrogens is 470 g/mol. The van der Waals surface area contributed by atoms with Gasteiger partial charge in [-0.05, 0) is 36.4 Å². The van der Waals surface area contributed by atoms with Crippen molar-refractivity contribution in [1.82, 2.24) is 19.9 Å². The molecule has 37 heavy (non-hydrogen) atoms. The van der Waals surface area contributed by atoms with E-state index in [1.165, 1.54) is 0 Å². The van der Waals surface area contributed by atoms with E-state index in [0.29, 0.717) is 53.8 Å². The maximum atomic E-state index is 9.24. The second-order valence-corrected chi connectivity index (χ2v) is 8.08. The number of aliphatic hydroxyl groups is 3. The van der Waals surface area contributed by atoms with Gasteiger partial charge in [-0.25, -0.2) is 15.0 Å². The first-order valence-electron chi connectivity index (χ1n) is 12.1. The van der Waals surface area contributed by atoms with Crippen LogP contribution in [0.3, 0.4) is 0 Å². The van der Waals surface area contributed by atoms with Gasteiger partial charge >= 0.3 is 0 Å². The minimum atomic E-state index is -0.101. The maximum Gasteiger partial charge on any atom is 0.0853 e. The predicted molar refractivity (Wildman–Crippen MR) is 144 cm³/mol. The highest BCUT2D eigenvalue weighted by atomic mass is 16.3. The zero-order valence-electron chi connectivity index (χ0n) is 20.8. The van der Waals surface area contributed by atoms with Gasteiger partial charge in [0.1, 0.15) is 0 Å². The molecule has 0 atom stereocenters. The zero-order chi connectivity index (χ0) is 26.1. The Morgan fingerprint density at radius 3 is 1.16 bits per heavy atom. The van der Waals surface area contributed by atoms with Gasteiger partial charge in [0.15, 0.2) is 0 Å². The maximum absolute atomic E-state index is 9.24. The lowest BCUT2D eigenvalue weighted by Crippen LogP contribution is -2.31. The number of hydrogen-bond acceptors (Lipinski definition) is 10. The van der Waals surface area contributed by atoms with E-state index in [1.807, 2.05) is 36.4 Å². The largest absolute Gasteiger partial charge is 0.390 e. The molecule has 3 aromatic rings. The number of hydrogen-bond donors (Lipinski definition) is 3. The molecule has 0 aliphatic rings. The summed E-state index contributed by atoms with van der Waals surface area (Å²) in [5.74, 6) is 0. The van der Waals surface area contributed by atoms with Gasteiger partial charge in [-0.3, -0.25) is 19.9 Å². The third kappa shape index (κ3) is 10.4. The SMILES string of the molecule is OCc1cccc(C=NCCN(CCN=Cc2cccc(CO)n2)CCN=Cc2cccc(CO)n2)n1. The summed E-state index contributed by atoms with van der Waals surface area (Å²) in [6, 6.07) is 16.4. The lowest BCUT2D eigenvalue weighted by molar-refractivity contribution is 0.276. The van der Waals surface area contributed by atoms with E-state index in [0.717, 1.165) is 19.6 Å². The molecule has 0 amide bonds. The zero-order valence-corrected chi connectivity index (χ0v) is 20.8. The van der Waals surface area contributed by atoms with Gasteiger partial charge in [-0.2, -0.15) is 0 Å². The number of rotatable bonds is 15. The molecule has 3 rings (SSSR count). The molecule has 0 spiro atoms. The molecule has 0 unspecified atom stereocenters. The number of aliphatic hydroxyl groups excluding tert-OH is 3. The fourth-order valence-electron chi connectivity index (χ4n) is 3.38. The molecule has 0 saturated carbocycles. The quantitative estimate of drug-likeness (QED) is 0.266. The third-order valence-corrected chi connectivity index (χ3v) is 5.28. The van der Waals surface area contributed by atoms with Crippen LogP contribution in [0.5, 0.6) is 0 Å². The lowest BCUT2D eigenvalue weighted by Gasteiger charge is -2.19. The Kier molecular flexibility index (Phi) is 12.2. The van der Waals surface area contributed by atoms with Crippen molar-refractivity contribution >= 4 is 18.6 Å². The summed E-state index contributed by atoms with van der Waals surface area (Å²) in [6.45, 7) is 3.60. The molecule has 0 aliphatic carbocycles. The summed E-state index contributed by atoms with van der Waals surface area (Å²) in [6.07, 6.45) is 5.15. The molecule has 0 aromatic carbocycles. The van der Waals surface area contributed by atoms with E-state index in [1.54, 1.807) is 36.8 Å². The monoisotopic (exact) mass is 503 g/mol. The molecule has 3 N–H and O–H groups in total. The minimum Gasteiger partial charge on any atom is -0.390 e. The molecule has 0 bridgehead atoms. The van der Waals surface area contributed by atoms with Crippen molar-refractivity contribution in [2.45, 2.75) is 19.8 Å². The highest BCUT2D eigenvalue weighted by Crippen LogP contribution is 2.00. The molecule has 194 valence electrons. The van der Waals surface area contributed by atoms with Gasteiger partial charge in [0.25, 0.3) is 0 Å². The van der Waals surface area contributed by atoms with Crippen molar-refractivity contribution in [2.24, 2.45) is 15.0 Å². The highest BCUT2D eigenvalue weighted by Gasteiger charge is 2.04. The first-order chi connectivity index (χ1) is 18.2. The summed E-state index contributed by atoms with van der Waals surface area (Å²) in [5.41, 5.74) is 3.96. The van der Waals surface area contributed by atoms with Gasteiger partial charge < -0.3 is 15.3 Å². The van der Waals surface area contributed by atoms with E-state index >= 15 is 0 Å². The number of aromatic nitrogens is 3. The molecule has 3 heterocycles. The summed E-state index contributed by atoms with van der Waals surface area (Å²) < 4.78 is 0. The molecule has 0 fully saturated rings. The van der Waals surface area contributed by atoms with Crippen LogP contribution in [0.1, 0.15) is 34.2 Å². The average Bonchev–Trinajstić information content (AvgIpc) is 2.95. The van der Waals surface area contributed by atoms with Gasteiger partial charge in [-0.15, -0.1) is 0 Å². The molecule has 0 aliphatic heterocycles. The van der Waals surface area contributed by atoms with E-state index in [-0.39, 0.29) is 19.8 Å².